The van der Waals surface area contributed by atoms with Crippen LogP contribution in [0.15, 0.2) is 4.99 Å². The summed E-state index contributed by atoms with van der Waals surface area (Å²) in [5, 5.41) is 0. The largest absolute Gasteiger partial charge is 0.294 e. The SMILES string of the molecule is CC1=NCCCC12CCCC2. The van der Waals surface area contributed by atoms with E-state index in [4.69, 9.17) is 0 Å². The van der Waals surface area contributed by atoms with E-state index in [0.717, 1.165) is 6.54 Å². The first-order valence-corrected chi connectivity index (χ1v) is 4.85. The van der Waals surface area contributed by atoms with E-state index < -0.39 is 0 Å². The van der Waals surface area contributed by atoms with E-state index in [1.807, 2.05) is 0 Å². The first kappa shape index (κ1) is 7.33. The molecule has 1 heteroatoms. The molecule has 1 heterocycles. The normalized spacial score (nSPS) is 29.0. The molecular weight excluding hydrogens is 134 g/mol. The molecule has 1 nitrogen and oxygen atoms in total. The number of rotatable bonds is 0. The van der Waals surface area contributed by atoms with Gasteiger partial charge < -0.3 is 0 Å². The molecule has 0 atom stereocenters. The second-order valence-electron chi connectivity index (χ2n) is 4.06. The molecule has 0 radical (unpaired) electrons. The molecule has 1 saturated carbocycles. The van der Waals surface area contributed by atoms with Gasteiger partial charge in [-0.3, -0.25) is 4.99 Å². The van der Waals surface area contributed by atoms with Crippen LogP contribution in [0.2, 0.25) is 0 Å². The summed E-state index contributed by atoms with van der Waals surface area (Å²) in [5.41, 5.74) is 2.04. The number of aliphatic imine (C=N–C) groups is 1. The van der Waals surface area contributed by atoms with Gasteiger partial charge in [0.25, 0.3) is 0 Å². The summed E-state index contributed by atoms with van der Waals surface area (Å²) in [6, 6.07) is 0. The van der Waals surface area contributed by atoms with Crippen molar-refractivity contribution in [2.75, 3.05) is 6.54 Å². The quantitative estimate of drug-likeness (QED) is 0.505. The maximum absolute atomic E-state index is 4.58. The zero-order chi connectivity index (χ0) is 7.73. The van der Waals surface area contributed by atoms with Gasteiger partial charge in [-0.1, -0.05) is 12.8 Å². The summed E-state index contributed by atoms with van der Waals surface area (Å²) in [6.07, 6.45) is 8.46. The topological polar surface area (TPSA) is 12.4 Å². The van der Waals surface area contributed by atoms with Crippen molar-refractivity contribution in [3.05, 3.63) is 0 Å². The molecule has 0 aromatic rings. The zero-order valence-electron chi connectivity index (χ0n) is 7.40. The molecule has 0 N–H and O–H groups in total. The predicted molar refractivity (Wildman–Crippen MR) is 48.1 cm³/mol. The van der Waals surface area contributed by atoms with E-state index in [2.05, 4.69) is 11.9 Å². The molecule has 0 unspecified atom stereocenters. The Morgan fingerprint density at radius 2 is 1.73 bits per heavy atom. The fourth-order valence-corrected chi connectivity index (χ4v) is 2.68. The van der Waals surface area contributed by atoms with Crippen LogP contribution >= 0.6 is 0 Å². The molecule has 62 valence electrons. The fraction of sp³-hybridized carbons (Fsp3) is 0.900. The summed E-state index contributed by atoms with van der Waals surface area (Å²) in [6.45, 7) is 3.33. The highest BCUT2D eigenvalue weighted by molar-refractivity contribution is 5.88. The lowest BCUT2D eigenvalue weighted by Crippen LogP contribution is -2.29. The highest BCUT2D eigenvalue weighted by atomic mass is 14.8. The zero-order valence-corrected chi connectivity index (χ0v) is 7.40. The lowest BCUT2D eigenvalue weighted by Gasteiger charge is -2.32. The molecule has 1 aliphatic heterocycles. The Bertz CT molecular complexity index is 175. The van der Waals surface area contributed by atoms with Crippen LogP contribution < -0.4 is 0 Å². The van der Waals surface area contributed by atoms with E-state index in [0.29, 0.717) is 5.41 Å². The summed E-state index contributed by atoms with van der Waals surface area (Å²) in [4.78, 5) is 4.58. The fourth-order valence-electron chi connectivity index (χ4n) is 2.68. The van der Waals surface area contributed by atoms with Gasteiger partial charge in [-0.2, -0.15) is 0 Å². The van der Waals surface area contributed by atoms with E-state index in [9.17, 15) is 0 Å². The minimum absolute atomic E-state index is 0.582. The van der Waals surface area contributed by atoms with E-state index in [1.165, 1.54) is 44.2 Å². The average Bonchev–Trinajstić information content (AvgIpc) is 2.46. The lowest BCUT2D eigenvalue weighted by atomic mass is 9.76. The Balaban J connectivity index is 2.21. The molecule has 2 rings (SSSR count). The molecule has 0 bridgehead atoms. The van der Waals surface area contributed by atoms with Gasteiger partial charge in [-0.15, -0.1) is 0 Å². The summed E-state index contributed by atoms with van der Waals surface area (Å²) in [7, 11) is 0. The maximum atomic E-state index is 4.58. The average molecular weight is 151 g/mol. The van der Waals surface area contributed by atoms with E-state index in [-0.39, 0.29) is 0 Å². The predicted octanol–water partition coefficient (Wildman–Crippen LogP) is 2.80. The monoisotopic (exact) mass is 151 g/mol. The first-order chi connectivity index (χ1) is 5.33. The molecule has 2 aliphatic rings. The Morgan fingerprint density at radius 1 is 1.09 bits per heavy atom. The van der Waals surface area contributed by atoms with Crippen LogP contribution in [0.5, 0.6) is 0 Å². The molecule has 0 amide bonds. The van der Waals surface area contributed by atoms with Crippen LogP contribution in [-0.4, -0.2) is 12.3 Å². The van der Waals surface area contributed by atoms with Crippen molar-refractivity contribution in [3.8, 4) is 0 Å². The van der Waals surface area contributed by atoms with Gasteiger partial charge in [0.15, 0.2) is 0 Å². The Kier molecular flexibility index (Phi) is 1.74. The number of nitrogens with zero attached hydrogens (tertiary/aromatic N) is 1. The Labute approximate surface area is 68.9 Å². The maximum Gasteiger partial charge on any atom is 0.0389 e. The van der Waals surface area contributed by atoms with Crippen molar-refractivity contribution in [2.24, 2.45) is 10.4 Å². The van der Waals surface area contributed by atoms with Crippen molar-refractivity contribution in [1.29, 1.82) is 0 Å². The van der Waals surface area contributed by atoms with Crippen LogP contribution in [-0.2, 0) is 0 Å². The lowest BCUT2D eigenvalue weighted by molar-refractivity contribution is 0.370. The highest BCUT2D eigenvalue weighted by Crippen LogP contribution is 2.44. The Morgan fingerprint density at radius 3 is 2.36 bits per heavy atom. The van der Waals surface area contributed by atoms with Crippen LogP contribution in [0, 0.1) is 5.41 Å². The van der Waals surface area contributed by atoms with Crippen LogP contribution in [0.4, 0.5) is 0 Å². The van der Waals surface area contributed by atoms with E-state index in [1.54, 1.807) is 0 Å². The van der Waals surface area contributed by atoms with Gasteiger partial charge in [-0.25, -0.2) is 0 Å². The summed E-state index contributed by atoms with van der Waals surface area (Å²) >= 11 is 0. The smallest absolute Gasteiger partial charge is 0.0389 e. The third-order valence-corrected chi connectivity index (χ3v) is 3.49. The van der Waals surface area contributed by atoms with Gasteiger partial charge in [0.2, 0.25) is 0 Å². The second-order valence-corrected chi connectivity index (χ2v) is 4.06. The van der Waals surface area contributed by atoms with Gasteiger partial charge in [-0.05, 0) is 32.6 Å². The molecular formula is C10H17N. The van der Waals surface area contributed by atoms with Crippen molar-refractivity contribution >= 4 is 5.71 Å². The first-order valence-electron chi connectivity index (χ1n) is 4.85. The standard InChI is InChI=1S/C10H17N/c1-9-10(5-2-3-6-10)7-4-8-11-9/h2-8H2,1H3. The van der Waals surface area contributed by atoms with Gasteiger partial charge >= 0.3 is 0 Å². The van der Waals surface area contributed by atoms with Crippen LogP contribution in [0.25, 0.3) is 0 Å². The molecule has 0 saturated heterocycles. The van der Waals surface area contributed by atoms with E-state index >= 15 is 0 Å². The second kappa shape index (κ2) is 2.62. The number of hydrogen-bond donors (Lipinski definition) is 0. The molecule has 1 aliphatic carbocycles. The molecule has 1 fully saturated rings. The van der Waals surface area contributed by atoms with Gasteiger partial charge in [0, 0.05) is 17.7 Å². The molecule has 1 spiro atoms. The number of hydrogen-bond acceptors (Lipinski definition) is 1. The van der Waals surface area contributed by atoms with Crippen molar-refractivity contribution in [2.45, 2.75) is 45.4 Å². The minimum Gasteiger partial charge on any atom is -0.294 e. The van der Waals surface area contributed by atoms with Crippen molar-refractivity contribution in [1.82, 2.24) is 0 Å². The molecule has 0 aromatic carbocycles. The van der Waals surface area contributed by atoms with Crippen molar-refractivity contribution < 1.29 is 0 Å². The van der Waals surface area contributed by atoms with Crippen molar-refractivity contribution in [3.63, 3.8) is 0 Å². The third-order valence-electron chi connectivity index (χ3n) is 3.49. The Hall–Kier alpha value is -0.330. The van der Waals surface area contributed by atoms with Crippen LogP contribution in [0.3, 0.4) is 0 Å². The summed E-state index contributed by atoms with van der Waals surface area (Å²) < 4.78 is 0. The molecule has 11 heavy (non-hydrogen) atoms. The van der Waals surface area contributed by atoms with Crippen LogP contribution in [0.1, 0.15) is 45.4 Å². The summed E-state index contributed by atoms with van der Waals surface area (Å²) in [5.74, 6) is 0. The van der Waals surface area contributed by atoms with Gasteiger partial charge in [0.1, 0.15) is 0 Å². The third kappa shape index (κ3) is 1.11. The highest BCUT2D eigenvalue weighted by Gasteiger charge is 2.37. The molecule has 0 aromatic heterocycles. The van der Waals surface area contributed by atoms with Gasteiger partial charge in [0.05, 0.1) is 0 Å². The minimum atomic E-state index is 0.582.